The second kappa shape index (κ2) is 7.24. The molecule has 3 aromatic heterocycles. The summed E-state index contributed by atoms with van der Waals surface area (Å²) in [5.74, 6) is -0.301. The number of halogens is 1. The molecule has 140 valence electrons. The Morgan fingerprint density at radius 1 is 1.25 bits per heavy atom. The van der Waals surface area contributed by atoms with Gasteiger partial charge < -0.3 is 0 Å². The van der Waals surface area contributed by atoms with Crippen LogP contribution in [-0.2, 0) is 13.5 Å². The molecule has 28 heavy (non-hydrogen) atoms. The molecule has 0 saturated heterocycles. The zero-order valence-electron chi connectivity index (χ0n) is 15.7. The van der Waals surface area contributed by atoms with Crippen molar-refractivity contribution in [3.05, 3.63) is 53.7 Å². The largest absolute Gasteiger partial charge is 0.276 e. The van der Waals surface area contributed by atoms with Crippen LogP contribution in [0.15, 0.2) is 36.8 Å². The molecule has 0 unspecified atom stereocenters. The van der Waals surface area contributed by atoms with Gasteiger partial charge in [-0.2, -0.15) is 15.5 Å². The molecule has 4 aromatic rings. The van der Waals surface area contributed by atoms with Crippen LogP contribution in [0.2, 0.25) is 0 Å². The molecule has 4 rings (SSSR count). The highest BCUT2D eigenvalue weighted by atomic mass is 19.1. The maximum Gasteiger partial charge on any atom is 0.133 e. The van der Waals surface area contributed by atoms with Crippen molar-refractivity contribution in [1.29, 1.82) is 5.26 Å². The first-order valence-corrected chi connectivity index (χ1v) is 9.06. The standard InChI is InChI=1S/C21H19FN6/c1-13-7-14(5-3-4-6-23)8-17(22)20(13)18-9-16-19(11-24-18)26-27-21(16)15-10-25-28(2)12-15/h7-12H,3-5H2,1-2H3,(H,26,27). The van der Waals surface area contributed by atoms with Crippen LogP contribution < -0.4 is 0 Å². The van der Waals surface area contributed by atoms with Gasteiger partial charge in [-0.25, -0.2) is 4.39 Å². The predicted molar refractivity (Wildman–Crippen MR) is 105 cm³/mol. The van der Waals surface area contributed by atoms with Crippen molar-refractivity contribution in [3.63, 3.8) is 0 Å². The number of nitriles is 1. The Balaban J connectivity index is 1.76. The third-order valence-electron chi connectivity index (χ3n) is 4.78. The van der Waals surface area contributed by atoms with Gasteiger partial charge in [-0.3, -0.25) is 14.8 Å². The maximum atomic E-state index is 14.9. The van der Waals surface area contributed by atoms with E-state index in [1.54, 1.807) is 23.1 Å². The molecule has 0 amide bonds. The summed E-state index contributed by atoms with van der Waals surface area (Å²) in [5.41, 5.74) is 5.21. The van der Waals surface area contributed by atoms with E-state index in [9.17, 15) is 4.39 Å². The number of hydrogen-bond acceptors (Lipinski definition) is 4. The normalized spacial score (nSPS) is 11.1. The number of benzene rings is 1. The number of rotatable bonds is 5. The van der Waals surface area contributed by atoms with Crippen LogP contribution in [0.25, 0.3) is 33.4 Å². The minimum absolute atomic E-state index is 0.301. The number of nitrogens with zero attached hydrogens (tertiary/aromatic N) is 5. The Labute approximate surface area is 161 Å². The van der Waals surface area contributed by atoms with Gasteiger partial charge in [0.2, 0.25) is 0 Å². The summed E-state index contributed by atoms with van der Waals surface area (Å²) in [7, 11) is 1.85. The summed E-state index contributed by atoms with van der Waals surface area (Å²) in [6, 6.07) is 7.50. The lowest BCUT2D eigenvalue weighted by molar-refractivity contribution is 0.626. The van der Waals surface area contributed by atoms with Gasteiger partial charge >= 0.3 is 0 Å². The van der Waals surface area contributed by atoms with Crippen molar-refractivity contribution in [2.24, 2.45) is 7.05 Å². The molecule has 0 aliphatic heterocycles. The molecule has 0 atom stereocenters. The monoisotopic (exact) mass is 374 g/mol. The fourth-order valence-electron chi connectivity index (χ4n) is 3.47. The smallest absolute Gasteiger partial charge is 0.133 e. The number of unbranched alkanes of at least 4 members (excludes halogenated alkanes) is 1. The molecule has 0 bridgehead atoms. The Morgan fingerprint density at radius 2 is 2.11 bits per heavy atom. The number of aromatic amines is 1. The van der Waals surface area contributed by atoms with Crippen LogP contribution in [0.5, 0.6) is 0 Å². The van der Waals surface area contributed by atoms with Crippen molar-refractivity contribution in [2.75, 3.05) is 0 Å². The van der Waals surface area contributed by atoms with Crippen molar-refractivity contribution < 1.29 is 4.39 Å². The molecular formula is C21H19FN6. The summed E-state index contributed by atoms with van der Waals surface area (Å²) in [6.07, 6.45) is 7.19. The molecule has 0 aliphatic carbocycles. The number of pyridine rings is 1. The molecular weight excluding hydrogens is 355 g/mol. The molecule has 0 spiro atoms. The van der Waals surface area contributed by atoms with Gasteiger partial charge in [0, 0.05) is 36.2 Å². The van der Waals surface area contributed by atoms with E-state index in [0.29, 0.717) is 24.1 Å². The van der Waals surface area contributed by atoms with E-state index in [-0.39, 0.29) is 5.82 Å². The van der Waals surface area contributed by atoms with Crippen LogP contribution in [0, 0.1) is 24.1 Å². The van der Waals surface area contributed by atoms with E-state index >= 15 is 0 Å². The summed E-state index contributed by atoms with van der Waals surface area (Å²) in [4.78, 5) is 4.44. The van der Waals surface area contributed by atoms with Gasteiger partial charge in [-0.15, -0.1) is 0 Å². The second-order valence-corrected chi connectivity index (χ2v) is 6.87. The number of aryl methyl sites for hydroxylation is 3. The molecule has 6 nitrogen and oxygen atoms in total. The molecule has 7 heteroatoms. The first-order valence-electron chi connectivity index (χ1n) is 9.06. The Bertz CT molecular complexity index is 1170. The van der Waals surface area contributed by atoms with Crippen molar-refractivity contribution >= 4 is 10.9 Å². The number of hydrogen-bond donors (Lipinski definition) is 1. The first-order chi connectivity index (χ1) is 13.6. The van der Waals surface area contributed by atoms with Crippen LogP contribution in [0.3, 0.4) is 0 Å². The van der Waals surface area contributed by atoms with Crippen LogP contribution in [0.1, 0.15) is 24.0 Å². The Kier molecular flexibility index (Phi) is 4.62. The van der Waals surface area contributed by atoms with E-state index in [0.717, 1.165) is 39.7 Å². The van der Waals surface area contributed by atoms with Crippen molar-refractivity contribution in [2.45, 2.75) is 26.2 Å². The highest BCUT2D eigenvalue weighted by molar-refractivity contribution is 5.94. The molecule has 1 N–H and O–H groups in total. The van der Waals surface area contributed by atoms with Gasteiger partial charge in [-0.05, 0) is 43.0 Å². The lowest BCUT2D eigenvalue weighted by Gasteiger charge is -2.10. The molecule has 0 aliphatic rings. The van der Waals surface area contributed by atoms with Crippen molar-refractivity contribution in [1.82, 2.24) is 25.0 Å². The summed E-state index contributed by atoms with van der Waals surface area (Å²) in [5, 5.41) is 21.1. The quantitative estimate of drug-likeness (QED) is 0.527. The van der Waals surface area contributed by atoms with E-state index in [1.165, 1.54) is 0 Å². The summed E-state index contributed by atoms with van der Waals surface area (Å²) in [6.45, 7) is 1.88. The van der Waals surface area contributed by atoms with Gasteiger partial charge in [0.25, 0.3) is 0 Å². The summed E-state index contributed by atoms with van der Waals surface area (Å²) >= 11 is 0. The molecule has 0 radical (unpaired) electrons. The number of H-pyrrole nitrogens is 1. The second-order valence-electron chi connectivity index (χ2n) is 6.87. The highest BCUT2D eigenvalue weighted by Crippen LogP contribution is 2.32. The minimum Gasteiger partial charge on any atom is -0.276 e. The molecule has 0 fully saturated rings. The predicted octanol–water partition coefficient (Wildman–Crippen LogP) is 4.32. The third-order valence-corrected chi connectivity index (χ3v) is 4.78. The zero-order valence-corrected chi connectivity index (χ0v) is 15.7. The van der Waals surface area contributed by atoms with E-state index in [2.05, 4.69) is 26.3 Å². The lowest BCUT2D eigenvalue weighted by atomic mass is 9.98. The number of fused-ring (bicyclic) bond motifs is 1. The fourth-order valence-corrected chi connectivity index (χ4v) is 3.47. The third kappa shape index (κ3) is 3.25. The van der Waals surface area contributed by atoms with E-state index < -0.39 is 0 Å². The Morgan fingerprint density at radius 3 is 2.82 bits per heavy atom. The van der Waals surface area contributed by atoms with Crippen LogP contribution in [-0.4, -0.2) is 25.0 Å². The van der Waals surface area contributed by atoms with E-state index in [1.807, 2.05) is 32.3 Å². The van der Waals surface area contributed by atoms with Gasteiger partial charge in [0.05, 0.1) is 29.7 Å². The van der Waals surface area contributed by atoms with Gasteiger partial charge in [0.15, 0.2) is 0 Å². The first kappa shape index (κ1) is 17.9. The SMILES string of the molecule is Cc1cc(CCCC#N)cc(F)c1-c1cc2c(-c3cnn(C)c3)n[nH]c2cn1. The average molecular weight is 374 g/mol. The molecule has 1 aromatic carbocycles. The van der Waals surface area contributed by atoms with Gasteiger partial charge in [-0.1, -0.05) is 6.07 Å². The number of nitrogens with one attached hydrogen (secondary N) is 1. The maximum absolute atomic E-state index is 14.9. The van der Waals surface area contributed by atoms with Crippen molar-refractivity contribution in [3.8, 4) is 28.6 Å². The molecule has 0 saturated carbocycles. The van der Waals surface area contributed by atoms with Gasteiger partial charge in [0.1, 0.15) is 11.5 Å². The van der Waals surface area contributed by atoms with Crippen LogP contribution in [0.4, 0.5) is 4.39 Å². The minimum atomic E-state index is -0.301. The zero-order chi connectivity index (χ0) is 19.7. The molecule has 3 heterocycles. The lowest BCUT2D eigenvalue weighted by Crippen LogP contribution is -1.96. The summed E-state index contributed by atoms with van der Waals surface area (Å²) < 4.78 is 16.6. The van der Waals surface area contributed by atoms with E-state index in [4.69, 9.17) is 5.26 Å². The number of aromatic nitrogens is 5. The fraction of sp³-hybridized carbons (Fsp3) is 0.238. The Hall–Kier alpha value is -3.53. The topological polar surface area (TPSA) is 83.2 Å². The average Bonchev–Trinajstić information content (AvgIpc) is 3.27. The highest BCUT2D eigenvalue weighted by Gasteiger charge is 2.16. The van der Waals surface area contributed by atoms with Crippen LogP contribution >= 0.6 is 0 Å².